The molecule has 36 heavy (non-hydrogen) atoms. The first-order valence-electron chi connectivity index (χ1n) is 13.8. The smallest absolute Gasteiger partial charge is 0.311 e. The third-order valence-corrected chi connectivity index (χ3v) is 11.7. The number of phenolic OH excluding ortho intramolecular Hbond substituents is 1. The summed E-state index contributed by atoms with van der Waals surface area (Å²) >= 11 is 0. The zero-order valence-corrected chi connectivity index (χ0v) is 23.3. The highest BCUT2D eigenvalue weighted by Crippen LogP contribution is 2.74. The van der Waals surface area contributed by atoms with E-state index in [1.165, 1.54) is 17.6 Å². The molecule has 5 rings (SSSR count). The Morgan fingerprint density at radius 1 is 1.06 bits per heavy atom. The maximum atomic E-state index is 13.1. The summed E-state index contributed by atoms with van der Waals surface area (Å²) < 4.78 is 11.0. The van der Waals surface area contributed by atoms with Crippen molar-refractivity contribution in [3.05, 3.63) is 33.7 Å². The summed E-state index contributed by atoms with van der Waals surface area (Å²) in [5.41, 5.74) is 2.39. The second-order valence-corrected chi connectivity index (χ2v) is 13.4. The summed E-state index contributed by atoms with van der Waals surface area (Å²) in [4.78, 5) is 13.1. The SMILES string of the molecule is C=c1c(OC)c(O)cc2c1=CC=C1C2(C)CCC2(C)C3CC(C)(C(=O)OCC)CCC3(C)CCC12C. The summed E-state index contributed by atoms with van der Waals surface area (Å²) in [5.74, 6) is 1.07. The number of methoxy groups -OCH3 is 1. The first kappa shape index (κ1) is 25.4. The molecule has 1 aromatic rings. The van der Waals surface area contributed by atoms with E-state index in [-0.39, 0.29) is 33.4 Å². The van der Waals surface area contributed by atoms with Gasteiger partial charge in [-0.05, 0) is 97.8 Å². The van der Waals surface area contributed by atoms with Crippen molar-refractivity contribution in [2.24, 2.45) is 27.6 Å². The second-order valence-electron chi connectivity index (χ2n) is 13.4. The number of esters is 1. The first-order valence-corrected chi connectivity index (χ1v) is 13.8. The molecule has 0 saturated heterocycles. The second kappa shape index (κ2) is 7.88. The molecule has 6 atom stereocenters. The molecule has 0 spiro atoms. The highest BCUT2D eigenvalue weighted by Gasteiger charge is 2.67. The predicted molar refractivity (Wildman–Crippen MR) is 144 cm³/mol. The normalized spacial score (nSPS) is 41.0. The van der Waals surface area contributed by atoms with E-state index in [0.29, 0.717) is 18.3 Å². The fourth-order valence-corrected chi connectivity index (χ4v) is 9.08. The van der Waals surface area contributed by atoms with Crippen molar-refractivity contribution in [1.29, 1.82) is 0 Å². The van der Waals surface area contributed by atoms with Crippen LogP contribution < -0.4 is 15.2 Å². The molecule has 4 nitrogen and oxygen atoms in total. The van der Waals surface area contributed by atoms with Crippen LogP contribution >= 0.6 is 0 Å². The minimum atomic E-state index is -0.410. The van der Waals surface area contributed by atoms with Crippen LogP contribution in [0.2, 0.25) is 0 Å². The van der Waals surface area contributed by atoms with Crippen LogP contribution in [0.5, 0.6) is 11.5 Å². The minimum absolute atomic E-state index is 0.00214. The van der Waals surface area contributed by atoms with Crippen LogP contribution in [-0.4, -0.2) is 24.8 Å². The van der Waals surface area contributed by atoms with Crippen LogP contribution in [0.4, 0.5) is 0 Å². The first-order chi connectivity index (χ1) is 16.8. The van der Waals surface area contributed by atoms with Gasteiger partial charge in [0.2, 0.25) is 0 Å². The number of allylic oxidation sites excluding steroid dienone is 2. The van der Waals surface area contributed by atoms with Gasteiger partial charge in [0.15, 0.2) is 11.5 Å². The number of phenols is 1. The van der Waals surface area contributed by atoms with Gasteiger partial charge in [-0.2, -0.15) is 0 Å². The summed E-state index contributed by atoms with van der Waals surface area (Å²) in [6.45, 7) is 18.6. The van der Waals surface area contributed by atoms with E-state index in [4.69, 9.17) is 9.47 Å². The molecule has 0 amide bonds. The van der Waals surface area contributed by atoms with Crippen molar-refractivity contribution in [3.63, 3.8) is 0 Å². The van der Waals surface area contributed by atoms with Gasteiger partial charge in [-0.3, -0.25) is 4.79 Å². The Morgan fingerprint density at radius 2 is 1.75 bits per heavy atom. The van der Waals surface area contributed by atoms with Crippen LogP contribution in [0.25, 0.3) is 12.7 Å². The number of carbonyl (C=O) groups excluding carboxylic acids is 1. The Kier molecular flexibility index (Phi) is 5.57. The Hall–Kier alpha value is -2.23. The Balaban J connectivity index is 1.63. The number of rotatable bonds is 3. The van der Waals surface area contributed by atoms with Crippen LogP contribution in [0.1, 0.15) is 92.1 Å². The third-order valence-electron chi connectivity index (χ3n) is 11.7. The molecule has 4 heteroatoms. The molecule has 0 radical (unpaired) electrons. The summed E-state index contributed by atoms with van der Waals surface area (Å²) in [5, 5.41) is 12.6. The average Bonchev–Trinajstić information content (AvgIpc) is 2.83. The number of aromatic hydroxyl groups is 1. The van der Waals surface area contributed by atoms with Gasteiger partial charge in [0.05, 0.1) is 19.1 Å². The zero-order chi connectivity index (χ0) is 26.3. The van der Waals surface area contributed by atoms with E-state index in [2.05, 4.69) is 53.3 Å². The van der Waals surface area contributed by atoms with E-state index in [1.807, 2.05) is 13.0 Å². The average molecular weight is 493 g/mol. The molecule has 3 fully saturated rings. The van der Waals surface area contributed by atoms with E-state index in [9.17, 15) is 9.90 Å². The van der Waals surface area contributed by atoms with Crippen LogP contribution in [-0.2, 0) is 14.9 Å². The quantitative estimate of drug-likeness (QED) is 0.545. The number of fused-ring (bicyclic) bond motifs is 7. The molecule has 4 aliphatic rings. The maximum absolute atomic E-state index is 13.1. The van der Waals surface area contributed by atoms with Crippen LogP contribution in [0.15, 0.2) is 17.7 Å². The number of carbonyl (C=O) groups is 1. The molecular formula is C32H44O4. The van der Waals surface area contributed by atoms with E-state index in [1.54, 1.807) is 7.11 Å². The lowest BCUT2D eigenvalue weighted by atomic mass is 9.35. The van der Waals surface area contributed by atoms with Gasteiger partial charge in [0.25, 0.3) is 0 Å². The molecule has 6 unspecified atom stereocenters. The van der Waals surface area contributed by atoms with Crippen molar-refractivity contribution < 1.29 is 19.4 Å². The Morgan fingerprint density at radius 3 is 2.42 bits per heavy atom. The van der Waals surface area contributed by atoms with Crippen LogP contribution in [0.3, 0.4) is 0 Å². The number of ether oxygens (including phenoxy) is 2. The standard InChI is InChI=1S/C32H44O4/c1-9-36-27(34)29(4)13-12-28(3)14-16-31(6)24-11-10-21-20(2)26(35-8)23(33)18-22(21)30(24,5)15-17-32(31,7)25(28)19-29/h10-11,18,25,33H,2,9,12-17,19H2,1,3-8H3. The molecule has 0 aliphatic heterocycles. The monoisotopic (exact) mass is 492 g/mol. The molecule has 3 saturated carbocycles. The van der Waals surface area contributed by atoms with Crippen molar-refractivity contribution in [2.75, 3.05) is 13.7 Å². The van der Waals surface area contributed by atoms with Gasteiger partial charge in [0, 0.05) is 10.6 Å². The summed E-state index contributed by atoms with van der Waals surface area (Å²) in [6, 6.07) is 1.92. The van der Waals surface area contributed by atoms with Crippen molar-refractivity contribution in [1.82, 2.24) is 0 Å². The van der Waals surface area contributed by atoms with Crippen molar-refractivity contribution in [3.8, 4) is 11.5 Å². The Labute approximate surface area is 216 Å². The molecule has 1 aromatic carbocycles. The molecule has 196 valence electrons. The molecular weight excluding hydrogens is 448 g/mol. The van der Waals surface area contributed by atoms with Crippen molar-refractivity contribution >= 4 is 18.6 Å². The highest BCUT2D eigenvalue weighted by molar-refractivity contribution is 5.76. The molecule has 0 heterocycles. The summed E-state index contributed by atoms with van der Waals surface area (Å²) in [7, 11) is 1.59. The van der Waals surface area contributed by atoms with Gasteiger partial charge in [-0.25, -0.2) is 0 Å². The third kappa shape index (κ3) is 3.08. The number of benzene rings is 1. The fourth-order valence-electron chi connectivity index (χ4n) is 9.08. The largest absolute Gasteiger partial charge is 0.504 e. The van der Waals surface area contributed by atoms with E-state index < -0.39 is 5.41 Å². The summed E-state index contributed by atoms with van der Waals surface area (Å²) in [6.07, 6.45) is 11.9. The molecule has 0 bridgehead atoms. The predicted octanol–water partition coefficient (Wildman–Crippen LogP) is 5.77. The van der Waals surface area contributed by atoms with Gasteiger partial charge in [-0.15, -0.1) is 0 Å². The van der Waals surface area contributed by atoms with Crippen LogP contribution in [0, 0.1) is 27.6 Å². The van der Waals surface area contributed by atoms with Gasteiger partial charge in [-0.1, -0.05) is 52.0 Å². The number of hydrogen-bond acceptors (Lipinski definition) is 4. The maximum Gasteiger partial charge on any atom is 0.311 e. The molecule has 1 N–H and O–H groups in total. The molecule has 4 aliphatic carbocycles. The van der Waals surface area contributed by atoms with Gasteiger partial charge >= 0.3 is 5.97 Å². The minimum Gasteiger partial charge on any atom is -0.504 e. The van der Waals surface area contributed by atoms with Gasteiger partial charge < -0.3 is 14.6 Å². The van der Waals surface area contributed by atoms with E-state index in [0.717, 1.165) is 49.0 Å². The molecule has 0 aromatic heterocycles. The number of hydrogen-bond donors (Lipinski definition) is 1. The zero-order valence-electron chi connectivity index (χ0n) is 23.3. The Bertz CT molecular complexity index is 1260. The highest BCUT2D eigenvalue weighted by atomic mass is 16.5. The van der Waals surface area contributed by atoms with Crippen molar-refractivity contribution in [2.45, 2.75) is 91.9 Å². The lowest BCUT2D eigenvalue weighted by Gasteiger charge is -2.69. The lowest BCUT2D eigenvalue weighted by molar-refractivity contribution is -0.181. The lowest BCUT2D eigenvalue weighted by Crippen LogP contribution is -2.63. The van der Waals surface area contributed by atoms with E-state index >= 15 is 0 Å². The van der Waals surface area contributed by atoms with Gasteiger partial charge in [0.1, 0.15) is 0 Å². The topological polar surface area (TPSA) is 55.8 Å². The fraction of sp³-hybridized carbons (Fsp3) is 0.656.